The number of hydrogen-bond acceptors (Lipinski definition) is 5. The maximum atomic E-state index is 12.3. The lowest BCUT2D eigenvalue weighted by molar-refractivity contribution is -0.118. The number of nitrogens with one attached hydrogen (secondary N) is 1. The smallest absolute Gasteiger partial charge is 0.264 e. The molecule has 0 aliphatic carbocycles. The molecule has 4 rings (SSSR count). The minimum Gasteiger partial charge on any atom is -0.497 e. The van der Waals surface area contributed by atoms with Crippen LogP contribution in [0.1, 0.15) is 4.88 Å². The van der Waals surface area contributed by atoms with Crippen LogP contribution in [0.5, 0.6) is 11.5 Å². The lowest BCUT2D eigenvalue weighted by atomic mass is 10.1. The van der Waals surface area contributed by atoms with Crippen LogP contribution in [-0.4, -0.2) is 24.6 Å². The lowest BCUT2D eigenvalue weighted by Gasteiger charge is -2.07. The first kappa shape index (κ1) is 19.0. The van der Waals surface area contributed by atoms with Crippen molar-refractivity contribution < 1.29 is 14.3 Å². The number of aromatic nitrogens is 1. The van der Waals surface area contributed by atoms with Crippen molar-refractivity contribution in [3.63, 3.8) is 0 Å². The minimum atomic E-state index is -0.242. The summed E-state index contributed by atoms with van der Waals surface area (Å²) >= 11 is 1.44. The lowest BCUT2D eigenvalue weighted by Crippen LogP contribution is -2.20. The zero-order valence-corrected chi connectivity index (χ0v) is 17.0. The molecule has 0 unspecified atom stereocenters. The predicted molar refractivity (Wildman–Crippen MR) is 117 cm³/mol. The van der Waals surface area contributed by atoms with Gasteiger partial charge in [0.1, 0.15) is 11.5 Å². The molecule has 1 heterocycles. The van der Waals surface area contributed by atoms with Crippen LogP contribution in [0.2, 0.25) is 0 Å². The molecule has 0 aliphatic heterocycles. The van der Waals surface area contributed by atoms with Gasteiger partial charge in [-0.1, -0.05) is 30.3 Å². The molecule has 1 N–H and O–H groups in total. The van der Waals surface area contributed by atoms with Gasteiger partial charge in [-0.15, -0.1) is 11.3 Å². The average Bonchev–Trinajstić information content (AvgIpc) is 3.12. The van der Waals surface area contributed by atoms with Gasteiger partial charge in [-0.05, 0) is 54.1 Å². The zero-order valence-electron chi connectivity index (χ0n) is 16.1. The third-order valence-corrected chi connectivity index (χ3v) is 5.38. The molecule has 0 spiro atoms. The standard InChI is InChI=1S/C23H20N2O3S/c1-15-22(17-8-10-19(27-2)11-9-17)25-23(29-15)24-21(26)14-28-20-12-7-16-5-3-4-6-18(16)13-20/h3-13H,14H2,1-2H3,(H,24,25,26). The first-order valence-corrected chi connectivity index (χ1v) is 9.97. The number of methoxy groups -OCH3 is 1. The van der Waals surface area contributed by atoms with E-state index in [1.807, 2.05) is 73.7 Å². The fraction of sp³-hybridized carbons (Fsp3) is 0.130. The van der Waals surface area contributed by atoms with Crippen molar-refractivity contribution >= 4 is 33.1 Å². The van der Waals surface area contributed by atoms with Gasteiger partial charge in [-0.25, -0.2) is 4.98 Å². The summed E-state index contributed by atoms with van der Waals surface area (Å²) in [6.45, 7) is 1.91. The van der Waals surface area contributed by atoms with Gasteiger partial charge in [0.05, 0.1) is 12.8 Å². The minimum absolute atomic E-state index is 0.0746. The van der Waals surface area contributed by atoms with Crippen LogP contribution < -0.4 is 14.8 Å². The van der Waals surface area contributed by atoms with Crippen molar-refractivity contribution in [2.24, 2.45) is 0 Å². The number of benzene rings is 3. The summed E-state index contributed by atoms with van der Waals surface area (Å²) in [5.74, 6) is 1.21. The van der Waals surface area contributed by atoms with E-state index in [0.29, 0.717) is 10.9 Å². The van der Waals surface area contributed by atoms with Crippen LogP contribution in [0.25, 0.3) is 22.0 Å². The van der Waals surface area contributed by atoms with Crippen molar-refractivity contribution in [1.82, 2.24) is 4.98 Å². The highest BCUT2D eigenvalue weighted by Gasteiger charge is 2.13. The summed E-state index contributed by atoms with van der Waals surface area (Å²) in [5, 5.41) is 5.58. The van der Waals surface area contributed by atoms with Crippen molar-refractivity contribution in [3.8, 4) is 22.8 Å². The van der Waals surface area contributed by atoms with Gasteiger partial charge in [-0.2, -0.15) is 0 Å². The Bertz CT molecular complexity index is 1150. The van der Waals surface area contributed by atoms with Crippen molar-refractivity contribution in [1.29, 1.82) is 0 Å². The Hall–Kier alpha value is -3.38. The molecule has 4 aromatic rings. The van der Waals surface area contributed by atoms with Crippen LogP contribution >= 0.6 is 11.3 Å². The molecule has 0 bridgehead atoms. The molecule has 0 aliphatic rings. The maximum absolute atomic E-state index is 12.3. The molecule has 0 radical (unpaired) electrons. The Morgan fingerprint density at radius 3 is 2.48 bits per heavy atom. The highest BCUT2D eigenvalue weighted by molar-refractivity contribution is 7.16. The van der Waals surface area contributed by atoms with E-state index in [1.165, 1.54) is 11.3 Å². The second kappa shape index (κ2) is 8.32. The van der Waals surface area contributed by atoms with E-state index in [4.69, 9.17) is 9.47 Å². The monoisotopic (exact) mass is 404 g/mol. The number of thiazole rings is 1. The summed E-state index contributed by atoms with van der Waals surface area (Å²) in [5.41, 5.74) is 1.83. The molecule has 0 saturated heterocycles. The average molecular weight is 404 g/mol. The Morgan fingerprint density at radius 2 is 1.72 bits per heavy atom. The van der Waals surface area contributed by atoms with Gasteiger partial charge in [-0.3, -0.25) is 10.1 Å². The summed E-state index contributed by atoms with van der Waals surface area (Å²) in [6.07, 6.45) is 0. The summed E-state index contributed by atoms with van der Waals surface area (Å²) in [7, 11) is 1.64. The number of carbonyl (C=O) groups is 1. The molecule has 1 amide bonds. The fourth-order valence-electron chi connectivity index (χ4n) is 3.03. The Balaban J connectivity index is 1.40. The topological polar surface area (TPSA) is 60.5 Å². The SMILES string of the molecule is COc1ccc(-c2nc(NC(=O)COc3ccc4ccccc4c3)sc2C)cc1. The fourth-order valence-corrected chi connectivity index (χ4v) is 3.88. The molecule has 6 heteroatoms. The quantitative estimate of drug-likeness (QED) is 0.474. The van der Waals surface area contributed by atoms with Crippen LogP contribution in [0.4, 0.5) is 5.13 Å². The number of amides is 1. The molecular weight excluding hydrogens is 384 g/mol. The van der Waals surface area contributed by atoms with E-state index >= 15 is 0 Å². The maximum Gasteiger partial charge on any atom is 0.264 e. The van der Waals surface area contributed by atoms with Gasteiger partial charge in [0.15, 0.2) is 11.7 Å². The summed E-state index contributed by atoms with van der Waals surface area (Å²) < 4.78 is 10.8. The highest BCUT2D eigenvalue weighted by atomic mass is 32.1. The van der Waals surface area contributed by atoms with E-state index in [-0.39, 0.29) is 12.5 Å². The molecule has 29 heavy (non-hydrogen) atoms. The summed E-state index contributed by atoms with van der Waals surface area (Å²) in [6, 6.07) is 21.5. The highest BCUT2D eigenvalue weighted by Crippen LogP contribution is 2.31. The van der Waals surface area contributed by atoms with Crippen molar-refractivity contribution in [2.45, 2.75) is 6.92 Å². The van der Waals surface area contributed by atoms with Crippen LogP contribution in [-0.2, 0) is 4.79 Å². The third-order valence-electron chi connectivity index (χ3n) is 4.50. The molecule has 0 atom stereocenters. The second-order valence-corrected chi connectivity index (χ2v) is 7.70. The Labute approximate surface area is 172 Å². The van der Waals surface area contributed by atoms with Gasteiger partial charge >= 0.3 is 0 Å². The third kappa shape index (κ3) is 4.38. The molecule has 1 aromatic heterocycles. The number of ether oxygens (including phenoxy) is 2. The number of carbonyl (C=O) groups excluding carboxylic acids is 1. The number of anilines is 1. The van der Waals surface area contributed by atoms with Crippen molar-refractivity contribution in [3.05, 3.63) is 71.6 Å². The van der Waals surface area contributed by atoms with E-state index in [9.17, 15) is 4.79 Å². The van der Waals surface area contributed by atoms with E-state index in [2.05, 4.69) is 10.3 Å². The number of nitrogens with zero attached hydrogens (tertiary/aromatic N) is 1. The van der Waals surface area contributed by atoms with Gasteiger partial charge in [0.25, 0.3) is 5.91 Å². The molecule has 0 saturated carbocycles. The number of rotatable bonds is 6. The predicted octanol–water partition coefficient (Wildman–Crippen LogP) is 5.30. The largest absolute Gasteiger partial charge is 0.497 e. The van der Waals surface area contributed by atoms with Crippen molar-refractivity contribution in [2.75, 3.05) is 19.0 Å². The van der Waals surface area contributed by atoms with Gasteiger partial charge < -0.3 is 9.47 Å². The van der Waals surface area contributed by atoms with E-state index < -0.39 is 0 Å². The van der Waals surface area contributed by atoms with E-state index in [1.54, 1.807) is 7.11 Å². The number of hydrogen-bond donors (Lipinski definition) is 1. The van der Waals surface area contributed by atoms with Crippen LogP contribution in [0, 0.1) is 6.92 Å². The van der Waals surface area contributed by atoms with Crippen LogP contribution in [0.15, 0.2) is 66.7 Å². The first-order valence-electron chi connectivity index (χ1n) is 9.16. The van der Waals surface area contributed by atoms with E-state index in [0.717, 1.165) is 32.7 Å². The second-order valence-electron chi connectivity index (χ2n) is 6.50. The first-order chi connectivity index (χ1) is 14.1. The Morgan fingerprint density at radius 1 is 1.00 bits per heavy atom. The molecule has 0 fully saturated rings. The number of aryl methyl sites for hydroxylation is 1. The van der Waals surface area contributed by atoms with Gasteiger partial charge in [0, 0.05) is 10.4 Å². The number of fused-ring (bicyclic) bond motifs is 1. The normalized spacial score (nSPS) is 10.7. The Kier molecular flexibility index (Phi) is 5.44. The molecular formula is C23H20N2O3S. The molecule has 5 nitrogen and oxygen atoms in total. The molecule has 146 valence electrons. The van der Waals surface area contributed by atoms with Crippen LogP contribution in [0.3, 0.4) is 0 Å². The zero-order chi connectivity index (χ0) is 20.2. The molecule has 3 aromatic carbocycles. The van der Waals surface area contributed by atoms with Gasteiger partial charge in [0.2, 0.25) is 0 Å². The summed E-state index contributed by atoms with van der Waals surface area (Å²) in [4.78, 5) is 17.9.